The van der Waals surface area contributed by atoms with Crippen LogP contribution in [0.3, 0.4) is 0 Å². The molecule has 2 rings (SSSR count). The van der Waals surface area contributed by atoms with E-state index >= 15 is 0 Å². The third kappa shape index (κ3) is 5.53. The van der Waals surface area contributed by atoms with Gasteiger partial charge in [-0.15, -0.1) is 0 Å². The molecule has 1 heterocycles. The van der Waals surface area contributed by atoms with Crippen molar-refractivity contribution in [3.63, 3.8) is 0 Å². The predicted molar refractivity (Wildman–Crippen MR) is 112 cm³/mol. The average molecular weight is 442 g/mol. The first kappa shape index (κ1) is 23.3. The van der Waals surface area contributed by atoms with Gasteiger partial charge in [0.1, 0.15) is 6.61 Å². The normalized spacial score (nSPS) is 16.8. The van der Waals surface area contributed by atoms with Crippen LogP contribution in [-0.2, 0) is 23.8 Å². The summed E-state index contributed by atoms with van der Waals surface area (Å²) >= 11 is 12.6. The van der Waals surface area contributed by atoms with Gasteiger partial charge in [0.25, 0.3) is 0 Å². The molecule has 8 heteroatoms. The van der Waals surface area contributed by atoms with E-state index in [1.54, 1.807) is 45.9 Å². The first-order valence-corrected chi connectivity index (χ1v) is 9.93. The Hall–Kier alpha value is -2.02. The minimum absolute atomic E-state index is 0.0799. The quantitative estimate of drug-likeness (QED) is 0.500. The van der Waals surface area contributed by atoms with Crippen molar-refractivity contribution in [2.45, 2.75) is 39.7 Å². The molecule has 0 bridgehead atoms. The van der Waals surface area contributed by atoms with Crippen LogP contribution < -0.4 is 5.32 Å². The molecule has 0 radical (unpaired) electrons. The van der Waals surface area contributed by atoms with Crippen LogP contribution in [0, 0.1) is 0 Å². The van der Waals surface area contributed by atoms with E-state index in [1.807, 2.05) is 0 Å². The van der Waals surface area contributed by atoms with E-state index in [-0.39, 0.29) is 30.5 Å². The Balaban J connectivity index is 2.61. The Morgan fingerprint density at radius 2 is 1.69 bits per heavy atom. The maximum absolute atomic E-state index is 12.9. The molecule has 0 aromatic heterocycles. The van der Waals surface area contributed by atoms with Gasteiger partial charge in [0.15, 0.2) is 0 Å². The molecule has 0 amide bonds. The number of hydrogen-bond acceptors (Lipinski definition) is 6. The van der Waals surface area contributed by atoms with Gasteiger partial charge in [0.2, 0.25) is 0 Å². The molecule has 1 aromatic carbocycles. The largest absolute Gasteiger partial charge is 0.460 e. The van der Waals surface area contributed by atoms with Crippen LogP contribution in [0.1, 0.15) is 39.2 Å². The molecule has 1 atom stereocenters. The molecule has 0 saturated carbocycles. The van der Waals surface area contributed by atoms with Crippen LogP contribution in [0.4, 0.5) is 0 Å². The maximum Gasteiger partial charge on any atom is 0.337 e. The molecule has 29 heavy (non-hydrogen) atoms. The summed E-state index contributed by atoms with van der Waals surface area (Å²) in [4.78, 5) is 25.9. The van der Waals surface area contributed by atoms with E-state index in [1.165, 1.54) is 7.11 Å². The summed E-state index contributed by atoms with van der Waals surface area (Å²) in [5, 5.41) is 3.90. The topological polar surface area (TPSA) is 73.9 Å². The van der Waals surface area contributed by atoms with Gasteiger partial charge in [-0.3, -0.25) is 0 Å². The highest BCUT2D eigenvalue weighted by Crippen LogP contribution is 2.42. The van der Waals surface area contributed by atoms with Crippen LogP contribution in [-0.4, -0.2) is 38.4 Å². The van der Waals surface area contributed by atoms with E-state index in [2.05, 4.69) is 5.32 Å². The summed E-state index contributed by atoms with van der Waals surface area (Å²) in [5.74, 6) is -1.90. The van der Waals surface area contributed by atoms with Gasteiger partial charge in [-0.2, -0.15) is 0 Å². The van der Waals surface area contributed by atoms with Crippen molar-refractivity contribution < 1.29 is 23.8 Å². The van der Waals surface area contributed by atoms with E-state index < -0.39 is 17.9 Å². The van der Waals surface area contributed by atoms with Crippen molar-refractivity contribution in [2.24, 2.45) is 0 Å². The van der Waals surface area contributed by atoms with Crippen molar-refractivity contribution in [1.29, 1.82) is 0 Å². The Kier molecular flexibility index (Phi) is 8.14. The molecular formula is C21H25Cl2NO5. The molecule has 1 aliphatic heterocycles. The highest BCUT2D eigenvalue weighted by atomic mass is 35.5. The minimum Gasteiger partial charge on any atom is -0.460 e. The number of carbonyl (C=O) groups excluding carboxylic acids is 2. The number of nitrogens with one attached hydrogen (secondary N) is 1. The van der Waals surface area contributed by atoms with Crippen molar-refractivity contribution >= 4 is 35.1 Å². The van der Waals surface area contributed by atoms with Crippen LogP contribution in [0.15, 0.2) is 40.7 Å². The highest BCUT2D eigenvalue weighted by Gasteiger charge is 2.39. The van der Waals surface area contributed by atoms with Crippen LogP contribution in [0.2, 0.25) is 10.0 Å². The van der Waals surface area contributed by atoms with Gasteiger partial charge in [0, 0.05) is 28.5 Å². The molecule has 1 aromatic rings. The summed E-state index contributed by atoms with van der Waals surface area (Å²) in [6, 6.07) is 4.92. The second-order valence-electron chi connectivity index (χ2n) is 6.88. The SMILES string of the molecule is COCCOC(=O)C1=C(C)NC(C)=C(C(=O)OC(C)C)C1c1cc(Cl)ccc1Cl. The molecule has 1 N–H and O–H groups in total. The van der Waals surface area contributed by atoms with Crippen LogP contribution in [0.25, 0.3) is 0 Å². The third-order valence-electron chi connectivity index (χ3n) is 4.33. The number of allylic oxidation sites excluding steroid dienone is 2. The van der Waals surface area contributed by atoms with E-state index in [0.717, 1.165) is 0 Å². The molecule has 158 valence electrons. The van der Waals surface area contributed by atoms with Crippen LogP contribution in [0.5, 0.6) is 0 Å². The number of hydrogen-bond donors (Lipinski definition) is 1. The van der Waals surface area contributed by atoms with Crippen molar-refractivity contribution in [2.75, 3.05) is 20.3 Å². The molecule has 0 spiro atoms. The van der Waals surface area contributed by atoms with Gasteiger partial charge in [-0.05, 0) is 51.5 Å². The molecular weight excluding hydrogens is 417 g/mol. The number of esters is 2. The molecule has 0 saturated heterocycles. The van der Waals surface area contributed by atoms with Crippen LogP contribution >= 0.6 is 23.2 Å². The monoisotopic (exact) mass is 441 g/mol. The maximum atomic E-state index is 12.9. The molecule has 0 aliphatic carbocycles. The molecule has 6 nitrogen and oxygen atoms in total. The fraction of sp³-hybridized carbons (Fsp3) is 0.429. The molecule has 0 fully saturated rings. The fourth-order valence-corrected chi connectivity index (χ4v) is 3.56. The van der Waals surface area contributed by atoms with Gasteiger partial charge >= 0.3 is 11.9 Å². The first-order chi connectivity index (χ1) is 13.7. The lowest BCUT2D eigenvalue weighted by Gasteiger charge is -2.31. The number of carbonyl (C=O) groups is 2. The van der Waals surface area contributed by atoms with E-state index in [9.17, 15) is 9.59 Å². The summed E-state index contributed by atoms with van der Waals surface area (Å²) in [5.41, 5.74) is 2.21. The lowest BCUT2D eigenvalue weighted by Crippen LogP contribution is -2.33. The van der Waals surface area contributed by atoms with Gasteiger partial charge in [0.05, 0.1) is 29.8 Å². The molecule has 1 aliphatic rings. The number of benzene rings is 1. The zero-order valence-electron chi connectivity index (χ0n) is 17.1. The predicted octanol–water partition coefficient (Wildman–Crippen LogP) is 4.37. The number of methoxy groups -OCH3 is 1. The lowest BCUT2D eigenvalue weighted by atomic mass is 9.80. The van der Waals surface area contributed by atoms with Crippen molar-refractivity contribution in [3.8, 4) is 0 Å². The summed E-state index contributed by atoms with van der Waals surface area (Å²) in [7, 11) is 1.52. The zero-order valence-corrected chi connectivity index (χ0v) is 18.6. The van der Waals surface area contributed by atoms with Crippen molar-refractivity contribution in [3.05, 3.63) is 56.3 Å². The molecule has 1 unspecified atom stereocenters. The summed E-state index contributed by atoms with van der Waals surface area (Å²) in [6.45, 7) is 7.34. The zero-order chi connectivity index (χ0) is 21.7. The van der Waals surface area contributed by atoms with E-state index in [0.29, 0.717) is 27.0 Å². The Labute approximate surface area is 180 Å². The smallest absolute Gasteiger partial charge is 0.337 e. The Bertz CT molecular complexity index is 861. The second-order valence-corrected chi connectivity index (χ2v) is 7.73. The summed E-state index contributed by atoms with van der Waals surface area (Å²) in [6.07, 6.45) is -0.331. The lowest BCUT2D eigenvalue weighted by molar-refractivity contribution is -0.143. The van der Waals surface area contributed by atoms with Crippen molar-refractivity contribution in [1.82, 2.24) is 5.32 Å². The minimum atomic E-state index is -0.788. The van der Waals surface area contributed by atoms with Gasteiger partial charge in [-0.1, -0.05) is 23.2 Å². The highest BCUT2D eigenvalue weighted by molar-refractivity contribution is 6.33. The Morgan fingerprint density at radius 3 is 2.28 bits per heavy atom. The number of dihydropyridines is 1. The Morgan fingerprint density at radius 1 is 1.07 bits per heavy atom. The average Bonchev–Trinajstić information content (AvgIpc) is 2.62. The summed E-state index contributed by atoms with van der Waals surface area (Å²) < 4.78 is 15.7. The van der Waals surface area contributed by atoms with Gasteiger partial charge < -0.3 is 19.5 Å². The number of rotatable bonds is 7. The standard InChI is InChI=1S/C21H25Cl2NO5/c1-11(2)29-21(26)18-13(4)24-12(3)17(20(25)28-9-8-27-5)19(18)15-10-14(22)6-7-16(15)23/h6-7,10-11,19,24H,8-9H2,1-5H3. The third-order valence-corrected chi connectivity index (χ3v) is 4.91. The second kappa shape index (κ2) is 10.1. The number of ether oxygens (including phenoxy) is 3. The first-order valence-electron chi connectivity index (χ1n) is 9.17. The van der Waals surface area contributed by atoms with E-state index in [4.69, 9.17) is 37.4 Å². The fourth-order valence-electron chi connectivity index (χ4n) is 3.15. The van der Waals surface area contributed by atoms with Gasteiger partial charge in [-0.25, -0.2) is 9.59 Å². The number of halogens is 2.